The number of nitrogens with zero attached hydrogens (tertiary/aromatic N) is 4. The van der Waals surface area contributed by atoms with Crippen LogP contribution in [0.3, 0.4) is 0 Å². The molecule has 0 fully saturated rings. The topological polar surface area (TPSA) is 119 Å². The minimum absolute atomic E-state index is 0.0257. The van der Waals surface area contributed by atoms with Crippen LogP contribution in [0.2, 0.25) is 0 Å². The number of nitro benzene ring substituents is 1. The lowest BCUT2D eigenvalue weighted by atomic mass is 9.95. The van der Waals surface area contributed by atoms with Crippen LogP contribution in [0.15, 0.2) is 30.5 Å². The summed E-state index contributed by atoms with van der Waals surface area (Å²) in [4.78, 5) is 29.2. The van der Waals surface area contributed by atoms with Gasteiger partial charge in [-0.1, -0.05) is 6.07 Å². The van der Waals surface area contributed by atoms with Gasteiger partial charge in [-0.2, -0.15) is 5.10 Å². The lowest BCUT2D eigenvalue weighted by Crippen LogP contribution is -2.13. The van der Waals surface area contributed by atoms with Crippen LogP contribution < -0.4 is 4.74 Å². The SMILES string of the molecule is CCOC(=O)c1cnn([C@H](C)CCOC)c1-c1ccc(-c2c(C)cc(OC(C)C)nc2C)cc1[N+](=O)[O-]. The third kappa shape index (κ3) is 6.14. The predicted octanol–water partition coefficient (Wildman–Crippen LogP) is 5.70. The highest BCUT2D eigenvalue weighted by molar-refractivity contribution is 5.98. The summed E-state index contributed by atoms with van der Waals surface area (Å²) in [5, 5.41) is 16.7. The molecule has 37 heavy (non-hydrogen) atoms. The van der Waals surface area contributed by atoms with Gasteiger partial charge in [0.15, 0.2) is 0 Å². The molecule has 0 saturated heterocycles. The molecule has 0 spiro atoms. The molecular formula is C27H34N4O6. The average Bonchev–Trinajstić information content (AvgIpc) is 3.27. The lowest BCUT2D eigenvalue weighted by Gasteiger charge is -2.18. The summed E-state index contributed by atoms with van der Waals surface area (Å²) in [5.41, 5.74) is 3.66. The highest BCUT2D eigenvalue weighted by atomic mass is 16.6. The minimum atomic E-state index is -0.585. The largest absolute Gasteiger partial charge is 0.475 e. The molecule has 198 valence electrons. The van der Waals surface area contributed by atoms with Crippen molar-refractivity contribution in [3.05, 3.63) is 57.4 Å². The number of aromatic nitrogens is 3. The van der Waals surface area contributed by atoms with Crippen LogP contribution in [0.4, 0.5) is 5.69 Å². The maximum absolute atomic E-state index is 12.8. The van der Waals surface area contributed by atoms with Gasteiger partial charge in [0.25, 0.3) is 5.69 Å². The first-order chi connectivity index (χ1) is 17.6. The molecule has 3 rings (SSSR count). The van der Waals surface area contributed by atoms with Crippen molar-refractivity contribution < 1.29 is 23.9 Å². The fourth-order valence-corrected chi connectivity index (χ4v) is 4.31. The van der Waals surface area contributed by atoms with E-state index in [4.69, 9.17) is 14.2 Å². The number of methoxy groups -OCH3 is 1. The van der Waals surface area contributed by atoms with Crippen molar-refractivity contribution in [3.8, 4) is 28.3 Å². The van der Waals surface area contributed by atoms with Crippen LogP contribution in [-0.2, 0) is 9.47 Å². The second-order valence-electron chi connectivity index (χ2n) is 9.10. The van der Waals surface area contributed by atoms with Crippen LogP contribution in [0.25, 0.3) is 22.4 Å². The van der Waals surface area contributed by atoms with Gasteiger partial charge in [-0.25, -0.2) is 9.78 Å². The summed E-state index contributed by atoms with van der Waals surface area (Å²) < 4.78 is 17.8. The zero-order valence-corrected chi connectivity index (χ0v) is 22.4. The fraction of sp³-hybridized carbons (Fsp3) is 0.444. The first-order valence-electron chi connectivity index (χ1n) is 12.3. The number of nitro groups is 1. The zero-order valence-electron chi connectivity index (χ0n) is 22.4. The first-order valence-corrected chi connectivity index (χ1v) is 12.3. The average molecular weight is 511 g/mol. The smallest absolute Gasteiger partial charge is 0.341 e. The number of benzene rings is 1. The van der Waals surface area contributed by atoms with Crippen molar-refractivity contribution in [2.75, 3.05) is 20.3 Å². The highest BCUT2D eigenvalue weighted by Gasteiger charge is 2.29. The molecule has 0 radical (unpaired) electrons. The van der Waals surface area contributed by atoms with E-state index in [0.29, 0.717) is 35.9 Å². The molecule has 0 aliphatic rings. The third-order valence-electron chi connectivity index (χ3n) is 5.92. The summed E-state index contributed by atoms with van der Waals surface area (Å²) in [6.07, 6.45) is 1.98. The summed E-state index contributed by atoms with van der Waals surface area (Å²) >= 11 is 0. The molecule has 2 heterocycles. The van der Waals surface area contributed by atoms with Crippen molar-refractivity contribution in [3.63, 3.8) is 0 Å². The summed E-state index contributed by atoms with van der Waals surface area (Å²) in [6, 6.07) is 6.62. The molecule has 1 atom stereocenters. The van der Waals surface area contributed by atoms with Gasteiger partial charge >= 0.3 is 5.97 Å². The maximum Gasteiger partial charge on any atom is 0.341 e. The van der Waals surface area contributed by atoms with Gasteiger partial charge < -0.3 is 14.2 Å². The number of carbonyl (C=O) groups is 1. The van der Waals surface area contributed by atoms with E-state index in [9.17, 15) is 14.9 Å². The van der Waals surface area contributed by atoms with Crippen LogP contribution in [0.5, 0.6) is 5.88 Å². The zero-order chi connectivity index (χ0) is 27.3. The number of carbonyl (C=O) groups excluding carboxylic acids is 1. The number of hydrogen-bond acceptors (Lipinski definition) is 8. The van der Waals surface area contributed by atoms with E-state index >= 15 is 0 Å². The van der Waals surface area contributed by atoms with Crippen molar-refractivity contribution in [2.24, 2.45) is 0 Å². The van der Waals surface area contributed by atoms with Gasteiger partial charge in [0.1, 0.15) is 5.56 Å². The van der Waals surface area contributed by atoms with Crippen molar-refractivity contribution in [1.82, 2.24) is 14.8 Å². The van der Waals surface area contributed by atoms with Gasteiger partial charge in [0, 0.05) is 37.1 Å². The monoisotopic (exact) mass is 510 g/mol. The first kappa shape index (κ1) is 27.8. The highest BCUT2D eigenvalue weighted by Crippen LogP contribution is 2.39. The number of hydrogen-bond donors (Lipinski definition) is 0. The number of esters is 1. The Balaban J connectivity index is 2.19. The Morgan fingerprint density at radius 2 is 1.92 bits per heavy atom. The Hall–Kier alpha value is -3.79. The summed E-state index contributed by atoms with van der Waals surface area (Å²) in [6.45, 7) is 11.9. The van der Waals surface area contributed by atoms with E-state index in [1.165, 1.54) is 12.3 Å². The van der Waals surface area contributed by atoms with Crippen molar-refractivity contribution in [2.45, 2.75) is 60.1 Å². The molecule has 0 amide bonds. The van der Waals surface area contributed by atoms with Crippen LogP contribution in [0.1, 0.15) is 61.8 Å². The molecule has 0 saturated carbocycles. The number of aryl methyl sites for hydroxylation is 2. The normalized spacial score (nSPS) is 12.0. The molecule has 0 unspecified atom stereocenters. The Bertz CT molecular complexity index is 1260. The molecule has 10 heteroatoms. The van der Waals surface area contributed by atoms with Gasteiger partial charge in [0.05, 0.1) is 41.1 Å². The Labute approximate surface area is 216 Å². The standard InChI is InChI=1S/C27H34N4O6/c1-8-36-27(32)22-15-28-30(18(5)11-12-35-7)26(22)21-10-9-20(14-23(21)31(33)34)25-17(4)13-24(29-19(25)6)37-16(2)3/h9-10,13-16,18H,8,11-12H2,1-7H3/t18-/m1/s1. The lowest BCUT2D eigenvalue weighted by molar-refractivity contribution is -0.384. The molecule has 10 nitrogen and oxygen atoms in total. The van der Waals surface area contributed by atoms with E-state index in [-0.39, 0.29) is 35.6 Å². The van der Waals surface area contributed by atoms with Crippen molar-refractivity contribution in [1.29, 1.82) is 0 Å². The Kier molecular flexibility index (Phi) is 8.99. The second-order valence-corrected chi connectivity index (χ2v) is 9.10. The van der Waals surface area contributed by atoms with Gasteiger partial charge in [-0.15, -0.1) is 0 Å². The van der Waals surface area contributed by atoms with E-state index in [1.54, 1.807) is 30.8 Å². The van der Waals surface area contributed by atoms with E-state index < -0.39 is 10.9 Å². The van der Waals surface area contributed by atoms with Crippen LogP contribution >= 0.6 is 0 Å². The molecule has 0 aliphatic heterocycles. The van der Waals surface area contributed by atoms with Crippen molar-refractivity contribution >= 4 is 11.7 Å². The van der Waals surface area contributed by atoms with Gasteiger partial charge in [0.2, 0.25) is 5.88 Å². The van der Waals surface area contributed by atoms with Crippen LogP contribution in [-0.4, -0.2) is 52.1 Å². The Morgan fingerprint density at radius 1 is 1.19 bits per heavy atom. The van der Waals surface area contributed by atoms with E-state index in [1.807, 2.05) is 40.7 Å². The number of ether oxygens (including phenoxy) is 3. The van der Waals surface area contributed by atoms with Gasteiger partial charge in [-0.3, -0.25) is 14.8 Å². The molecular weight excluding hydrogens is 476 g/mol. The molecule has 1 aromatic carbocycles. The second kappa shape index (κ2) is 12.0. The summed E-state index contributed by atoms with van der Waals surface area (Å²) in [5.74, 6) is -0.0782. The Morgan fingerprint density at radius 3 is 2.51 bits per heavy atom. The minimum Gasteiger partial charge on any atom is -0.475 e. The maximum atomic E-state index is 12.8. The van der Waals surface area contributed by atoms with E-state index in [2.05, 4.69) is 10.1 Å². The third-order valence-corrected chi connectivity index (χ3v) is 5.92. The quantitative estimate of drug-likeness (QED) is 0.183. The number of pyridine rings is 1. The van der Waals surface area contributed by atoms with E-state index in [0.717, 1.165) is 11.1 Å². The van der Waals surface area contributed by atoms with Crippen LogP contribution in [0, 0.1) is 24.0 Å². The predicted molar refractivity (Wildman–Crippen MR) is 140 cm³/mol. The summed E-state index contributed by atoms with van der Waals surface area (Å²) in [7, 11) is 1.60. The number of rotatable bonds is 11. The fourth-order valence-electron chi connectivity index (χ4n) is 4.31. The molecule has 0 bridgehead atoms. The molecule has 0 aliphatic carbocycles. The molecule has 2 aromatic heterocycles. The molecule has 0 N–H and O–H groups in total. The van der Waals surface area contributed by atoms with Gasteiger partial charge in [-0.05, 0) is 65.2 Å². The molecule has 3 aromatic rings.